The summed E-state index contributed by atoms with van der Waals surface area (Å²) < 4.78 is 13.1. The first-order chi connectivity index (χ1) is 11.2. The van der Waals surface area contributed by atoms with Crippen LogP contribution in [-0.2, 0) is 0 Å². The number of aromatic nitrogens is 2. The van der Waals surface area contributed by atoms with Crippen molar-refractivity contribution >= 4 is 34.0 Å². The molecule has 0 atom stereocenters. The lowest BCUT2D eigenvalue weighted by molar-refractivity contribution is 0.415. The number of ether oxygens (including phenoxy) is 1. The maximum absolute atomic E-state index is 6.06. The topological polar surface area (TPSA) is 51.7 Å². The predicted octanol–water partition coefficient (Wildman–Crippen LogP) is 4.45. The van der Waals surface area contributed by atoms with Crippen molar-refractivity contribution in [3.8, 4) is 17.2 Å². The Bertz CT molecular complexity index is 1020. The van der Waals surface area contributed by atoms with Crippen LogP contribution in [0.3, 0.4) is 0 Å². The van der Waals surface area contributed by atoms with Gasteiger partial charge in [0.25, 0.3) is 0 Å². The fourth-order valence-corrected chi connectivity index (χ4v) is 2.85. The molecule has 116 valence electrons. The maximum Gasteiger partial charge on any atom is 0.157 e. The molecule has 0 amide bonds. The van der Waals surface area contributed by atoms with Gasteiger partial charge < -0.3 is 14.5 Å². The van der Waals surface area contributed by atoms with Gasteiger partial charge in [0.05, 0.1) is 7.11 Å². The van der Waals surface area contributed by atoms with Gasteiger partial charge in [-0.1, -0.05) is 11.6 Å². The lowest BCUT2D eigenvalue weighted by atomic mass is 10.2. The average molecular weight is 328 g/mol. The molecule has 0 unspecified atom stereocenters. The standard InChI is InChI=1S/C17H14ClN3O2/c1-19-17-16(20-15-9-11(18)5-6-21(15)17)14-8-10-7-12(22-2)3-4-13(10)23-14/h3-9,19H,1-2H3. The molecule has 0 saturated heterocycles. The Hall–Kier alpha value is -2.66. The fraction of sp³-hybridized carbons (Fsp3) is 0.118. The number of halogens is 1. The minimum absolute atomic E-state index is 0.644. The molecule has 0 aliphatic carbocycles. The monoisotopic (exact) mass is 327 g/mol. The molecule has 5 nitrogen and oxygen atoms in total. The molecular weight excluding hydrogens is 314 g/mol. The Morgan fingerprint density at radius 3 is 2.87 bits per heavy atom. The van der Waals surface area contributed by atoms with Crippen molar-refractivity contribution in [1.29, 1.82) is 0 Å². The van der Waals surface area contributed by atoms with Gasteiger partial charge in [-0.25, -0.2) is 4.98 Å². The zero-order valence-electron chi connectivity index (χ0n) is 12.6. The second kappa shape index (κ2) is 5.21. The molecule has 1 N–H and O–H groups in total. The molecule has 4 aromatic rings. The number of imidazole rings is 1. The maximum atomic E-state index is 6.06. The quantitative estimate of drug-likeness (QED) is 0.604. The molecule has 4 rings (SSSR count). The summed E-state index contributed by atoms with van der Waals surface area (Å²) in [6, 6.07) is 11.3. The van der Waals surface area contributed by atoms with E-state index in [0.29, 0.717) is 10.8 Å². The van der Waals surface area contributed by atoms with Crippen molar-refractivity contribution in [3.05, 3.63) is 47.6 Å². The van der Waals surface area contributed by atoms with Crippen molar-refractivity contribution in [2.24, 2.45) is 0 Å². The molecule has 1 aromatic carbocycles. The summed E-state index contributed by atoms with van der Waals surface area (Å²) in [5.41, 5.74) is 2.29. The van der Waals surface area contributed by atoms with Crippen LogP contribution in [0.25, 0.3) is 28.1 Å². The Labute approximate surface area is 137 Å². The van der Waals surface area contributed by atoms with Crippen molar-refractivity contribution in [2.45, 2.75) is 0 Å². The van der Waals surface area contributed by atoms with Gasteiger partial charge >= 0.3 is 0 Å². The first-order valence-electron chi connectivity index (χ1n) is 7.13. The van der Waals surface area contributed by atoms with Crippen molar-refractivity contribution in [2.75, 3.05) is 19.5 Å². The number of rotatable bonds is 3. The molecular formula is C17H14ClN3O2. The number of furan rings is 1. The van der Waals surface area contributed by atoms with Crippen molar-refractivity contribution in [3.63, 3.8) is 0 Å². The van der Waals surface area contributed by atoms with E-state index < -0.39 is 0 Å². The number of anilines is 1. The van der Waals surface area contributed by atoms with E-state index in [4.69, 9.17) is 20.8 Å². The zero-order chi connectivity index (χ0) is 16.0. The molecule has 0 aliphatic rings. The summed E-state index contributed by atoms with van der Waals surface area (Å²) in [6.07, 6.45) is 1.88. The van der Waals surface area contributed by atoms with Gasteiger partial charge in [-0.2, -0.15) is 0 Å². The van der Waals surface area contributed by atoms with Gasteiger partial charge in [0.2, 0.25) is 0 Å². The second-order valence-electron chi connectivity index (χ2n) is 5.15. The molecule has 3 aromatic heterocycles. The van der Waals surface area contributed by atoms with Gasteiger partial charge in [-0.15, -0.1) is 0 Å². The molecule has 0 aliphatic heterocycles. The van der Waals surface area contributed by atoms with Crippen molar-refractivity contribution in [1.82, 2.24) is 9.38 Å². The van der Waals surface area contributed by atoms with E-state index >= 15 is 0 Å². The molecule has 6 heteroatoms. The summed E-state index contributed by atoms with van der Waals surface area (Å²) in [5, 5.41) is 4.79. The predicted molar refractivity (Wildman–Crippen MR) is 91.5 cm³/mol. The van der Waals surface area contributed by atoms with Gasteiger partial charge in [0.15, 0.2) is 5.76 Å². The number of nitrogens with zero attached hydrogens (tertiary/aromatic N) is 2. The van der Waals surface area contributed by atoms with E-state index in [0.717, 1.165) is 33.9 Å². The minimum atomic E-state index is 0.644. The smallest absolute Gasteiger partial charge is 0.157 e. The normalized spacial score (nSPS) is 11.3. The SMILES string of the molecule is CNc1c(-c2cc3cc(OC)ccc3o2)nc2cc(Cl)ccn12. The van der Waals surface area contributed by atoms with Crippen LogP contribution in [0.1, 0.15) is 0 Å². The van der Waals surface area contributed by atoms with E-state index in [1.165, 1.54) is 0 Å². The van der Waals surface area contributed by atoms with Gasteiger partial charge in [-0.3, -0.25) is 4.40 Å². The molecule has 0 saturated carbocycles. The number of nitrogens with one attached hydrogen (secondary N) is 1. The van der Waals surface area contributed by atoms with Crippen LogP contribution in [0.4, 0.5) is 5.82 Å². The van der Waals surface area contributed by atoms with Crippen LogP contribution in [0.5, 0.6) is 5.75 Å². The highest BCUT2D eigenvalue weighted by atomic mass is 35.5. The Balaban J connectivity index is 1.94. The zero-order valence-corrected chi connectivity index (χ0v) is 13.4. The summed E-state index contributed by atoms with van der Waals surface area (Å²) in [5.74, 6) is 2.33. The van der Waals surface area contributed by atoms with E-state index in [1.54, 1.807) is 7.11 Å². The number of methoxy groups -OCH3 is 1. The van der Waals surface area contributed by atoms with Crippen LogP contribution < -0.4 is 10.1 Å². The summed E-state index contributed by atoms with van der Waals surface area (Å²) in [6.45, 7) is 0. The van der Waals surface area contributed by atoms with Crippen LogP contribution in [0.2, 0.25) is 5.02 Å². The third-order valence-electron chi connectivity index (χ3n) is 3.78. The Morgan fingerprint density at radius 2 is 2.09 bits per heavy atom. The number of pyridine rings is 1. The van der Waals surface area contributed by atoms with Gasteiger partial charge in [0.1, 0.15) is 28.5 Å². The van der Waals surface area contributed by atoms with E-state index in [9.17, 15) is 0 Å². The molecule has 0 spiro atoms. The number of hydrogen-bond donors (Lipinski definition) is 1. The Kier molecular flexibility index (Phi) is 3.16. The first kappa shape index (κ1) is 14.0. The van der Waals surface area contributed by atoms with Crippen LogP contribution in [0, 0.1) is 0 Å². The summed E-state index contributed by atoms with van der Waals surface area (Å²) >= 11 is 6.06. The fourth-order valence-electron chi connectivity index (χ4n) is 2.70. The molecule has 0 radical (unpaired) electrons. The highest BCUT2D eigenvalue weighted by Crippen LogP contribution is 2.34. The van der Waals surface area contributed by atoms with Crippen LogP contribution in [0.15, 0.2) is 47.0 Å². The van der Waals surface area contributed by atoms with Crippen LogP contribution >= 0.6 is 11.6 Å². The molecule has 23 heavy (non-hydrogen) atoms. The Morgan fingerprint density at radius 1 is 1.22 bits per heavy atom. The second-order valence-corrected chi connectivity index (χ2v) is 5.58. The minimum Gasteiger partial charge on any atom is -0.497 e. The van der Waals surface area contributed by atoms with E-state index in [-0.39, 0.29) is 0 Å². The lowest BCUT2D eigenvalue weighted by Crippen LogP contribution is -1.95. The highest BCUT2D eigenvalue weighted by molar-refractivity contribution is 6.30. The largest absolute Gasteiger partial charge is 0.497 e. The summed E-state index contributed by atoms with van der Waals surface area (Å²) in [4.78, 5) is 4.64. The molecule has 3 heterocycles. The third-order valence-corrected chi connectivity index (χ3v) is 4.02. The van der Waals surface area contributed by atoms with Crippen LogP contribution in [-0.4, -0.2) is 23.5 Å². The van der Waals surface area contributed by atoms with Gasteiger partial charge in [-0.05, 0) is 30.3 Å². The van der Waals surface area contributed by atoms with E-state index in [2.05, 4.69) is 10.3 Å². The number of fused-ring (bicyclic) bond motifs is 2. The molecule has 0 bridgehead atoms. The highest BCUT2D eigenvalue weighted by Gasteiger charge is 2.17. The number of hydrogen-bond acceptors (Lipinski definition) is 4. The van der Waals surface area contributed by atoms with E-state index in [1.807, 2.05) is 54.0 Å². The lowest BCUT2D eigenvalue weighted by Gasteiger charge is -2.01. The van der Waals surface area contributed by atoms with Crippen molar-refractivity contribution < 1.29 is 9.15 Å². The average Bonchev–Trinajstić information content (AvgIpc) is 3.13. The molecule has 0 fully saturated rings. The number of benzene rings is 1. The summed E-state index contributed by atoms with van der Waals surface area (Å²) in [7, 11) is 3.50. The third kappa shape index (κ3) is 2.21. The first-order valence-corrected chi connectivity index (χ1v) is 7.50. The van der Waals surface area contributed by atoms with Gasteiger partial charge in [0, 0.05) is 29.7 Å².